The molecule has 1 aromatic carbocycles. The van der Waals surface area contributed by atoms with E-state index in [9.17, 15) is 14.0 Å². The largest absolute Gasteiger partial charge is 0.342 e. The van der Waals surface area contributed by atoms with E-state index in [0.29, 0.717) is 31.7 Å². The first-order chi connectivity index (χ1) is 13.1. The van der Waals surface area contributed by atoms with Gasteiger partial charge in [-0.3, -0.25) is 14.6 Å². The van der Waals surface area contributed by atoms with Crippen molar-refractivity contribution >= 4 is 17.5 Å². The number of para-hydroxylation sites is 1. The molecule has 1 fully saturated rings. The highest BCUT2D eigenvalue weighted by molar-refractivity contribution is 5.90. The minimum absolute atomic E-state index is 0.100. The molecule has 1 aliphatic rings. The molecule has 2 aromatic rings. The normalized spacial score (nSPS) is 16.8. The second kappa shape index (κ2) is 9.26. The Kier molecular flexibility index (Phi) is 6.52. The molecule has 0 unspecified atom stereocenters. The Morgan fingerprint density at radius 3 is 2.85 bits per heavy atom. The molecule has 0 radical (unpaired) electrons. The number of nitrogens with zero attached hydrogens (tertiary/aromatic N) is 2. The third kappa shape index (κ3) is 5.61. The zero-order valence-corrected chi connectivity index (χ0v) is 15.2. The van der Waals surface area contributed by atoms with Crippen LogP contribution in [-0.2, 0) is 16.0 Å². The van der Waals surface area contributed by atoms with Gasteiger partial charge in [-0.05, 0) is 48.9 Å². The van der Waals surface area contributed by atoms with Crippen LogP contribution in [0.2, 0.25) is 0 Å². The molecule has 3 rings (SSSR count). The Morgan fingerprint density at radius 1 is 1.22 bits per heavy atom. The van der Waals surface area contributed by atoms with Crippen LogP contribution in [-0.4, -0.2) is 34.8 Å². The molecule has 0 bridgehead atoms. The lowest BCUT2D eigenvalue weighted by molar-refractivity contribution is -0.132. The number of piperidine rings is 1. The predicted molar refractivity (Wildman–Crippen MR) is 102 cm³/mol. The minimum atomic E-state index is -0.435. The second-order valence-electron chi connectivity index (χ2n) is 6.95. The van der Waals surface area contributed by atoms with Crippen LogP contribution in [0, 0.1) is 11.7 Å². The van der Waals surface area contributed by atoms with Crippen LogP contribution in [0.1, 0.15) is 31.2 Å². The molecular weight excluding hydrogens is 345 g/mol. The SMILES string of the molecule is O=C(CC[C@@H]1CCCN(C(=O)Cc2cccnc2)C1)Nc1ccccc1F. The molecular formula is C21H24FN3O2. The van der Waals surface area contributed by atoms with Crippen molar-refractivity contribution in [2.45, 2.75) is 32.1 Å². The van der Waals surface area contributed by atoms with Crippen molar-refractivity contribution in [3.05, 3.63) is 60.2 Å². The number of amides is 2. The Labute approximate surface area is 158 Å². The first-order valence-electron chi connectivity index (χ1n) is 9.33. The van der Waals surface area contributed by atoms with Gasteiger partial charge in [-0.15, -0.1) is 0 Å². The summed E-state index contributed by atoms with van der Waals surface area (Å²) in [4.78, 5) is 30.5. The van der Waals surface area contributed by atoms with Gasteiger partial charge in [0, 0.05) is 31.9 Å². The van der Waals surface area contributed by atoms with Gasteiger partial charge < -0.3 is 10.2 Å². The predicted octanol–water partition coefficient (Wildman–Crippen LogP) is 3.42. The van der Waals surface area contributed by atoms with E-state index in [2.05, 4.69) is 10.3 Å². The molecule has 2 heterocycles. The van der Waals surface area contributed by atoms with Gasteiger partial charge in [0.05, 0.1) is 12.1 Å². The molecule has 6 heteroatoms. The van der Waals surface area contributed by atoms with Crippen LogP contribution in [0.25, 0.3) is 0 Å². The lowest BCUT2D eigenvalue weighted by Crippen LogP contribution is -2.40. The van der Waals surface area contributed by atoms with Crippen molar-refractivity contribution in [3.8, 4) is 0 Å². The summed E-state index contributed by atoms with van der Waals surface area (Å²) in [6.45, 7) is 1.43. The van der Waals surface area contributed by atoms with Crippen molar-refractivity contribution in [3.63, 3.8) is 0 Å². The maximum Gasteiger partial charge on any atom is 0.227 e. The Morgan fingerprint density at radius 2 is 2.07 bits per heavy atom. The number of hydrogen-bond acceptors (Lipinski definition) is 3. The van der Waals surface area contributed by atoms with Gasteiger partial charge in [0.1, 0.15) is 5.82 Å². The standard InChI is InChI=1S/C21H24FN3O2/c22-18-7-1-2-8-19(18)24-20(26)10-9-16-6-4-12-25(15-16)21(27)13-17-5-3-11-23-14-17/h1-3,5,7-8,11,14,16H,4,6,9-10,12-13,15H2,(H,24,26)/t16-/m0/s1. The van der Waals surface area contributed by atoms with Crippen LogP contribution in [0.5, 0.6) is 0 Å². The number of anilines is 1. The number of nitrogens with one attached hydrogen (secondary N) is 1. The smallest absolute Gasteiger partial charge is 0.227 e. The summed E-state index contributed by atoms with van der Waals surface area (Å²) in [5.74, 6) is -0.235. The van der Waals surface area contributed by atoms with Gasteiger partial charge in [0.25, 0.3) is 0 Å². The topological polar surface area (TPSA) is 62.3 Å². The van der Waals surface area contributed by atoms with Crippen molar-refractivity contribution in [2.24, 2.45) is 5.92 Å². The first kappa shape index (κ1) is 19.0. The minimum Gasteiger partial charge on any atom is -0.342 e. The molecule has 2 amide bonds. The van der Waals surface area contributed by atoms with E-state index >= 15 is 0 Å². The molecule has 1 aromatic heterocycles. The molecule has 1 N–H and O–H groups in total. The molecule has 0 aliphatic carbocycles. The van der Waals surface area contributed by atoms with E-state index in [1.54, 1.807) is 30.6 Å². The van der Waals surface area contributed by atoms with E-state index < -0.39 is 5.82 Å². The summed E-state index contributed by atoms with van der Waals surface area (Å²) in [7, 11) is 0. The monoisotopic (exact) mass is 369 g/mol. The molecule has 1 aliphatic heterocycles. The average molecular weight is 369 g/mol. The van der Waals surface area contributed by atoms with Crippen molar-refractivity contribution in [2.75, 3.05) is 18.4 Å². The van der Waals surface area contributed by atoms with Crippen molar-refractivity contribution < 1.29 is 14.0 Å². The van der Waals surface area contributed by atoms with Gasteiger partial charge in [0.15, 0.2) is 0 Å². The Bertz CT molecular complexity index is 782. The number of pyridine rings is 1. The summed E-state index contributed by atoms with van der Waals surface area (Å²) < 4.78 is 13.6. The first-order valence-corrected chi connectivity index (χ1v) is 9.33. The van der Waals surface area contributed by atoms with Crippen LogP contribution in [0.4, 0.5) is 10.1 Å². The molecule has 1 saturated heterocycles. The number of benzene rings is 1. The maximum absolute atomic E-state index is 13.6. The van der Waals surface area contributed by atoms with Gasteiger partial charge in [-0.2, -0.15) is 0 Å². The van der Waals surface area contributed by atoms with Crippen LogP contribution in [0.15, 0.2) is 48.8 Å². The second-order valence-corrected chi connectivity index (χ2v) is 6.95. The zero-order valence-electron chi connectivity index (χ0n) is 15.2. The van der Waals surface area contributed by atoms with Gasteiger partial charge in [-0.1, -0.05) is 18.2 Å². The maximum atomic E-state index is 13.6. The zero-order chi connectivity index (χ0) is 19.1. The fourth-order valence-corrected chi connectivity index (χ4v) is 3.43. The fourth-order valence-electron chi connectivity index (χ4n) is 3.43. The molecule has 5 nitrogen and oxygen atoms in total. The number of carbonyl (C=O) groups excluding carboxylic acids is 2. The molecule has 1 atom stereocenters. The number of aromatic nitrogens is 1. The molecule has 0 spiro atoms. The highest BCUT2D eigenvalue weighted by atomic mass is 19.1. The summed E-state index contributed by atoms with van der Waals surface area (Å²) in [6, 6.07) is 9.88. The van der Waals surface area contributed by atoms with Crippen LogP contribution < -0.4 is 5.32 Å². The quantitative estimate of drug-likeness (QED) is 0.849. The van der Waals surface area contributed by atoms with Crippen LogP contribution in [0.3, 0.4) is 0 Å². The van der Waals surface area contributed by atoms with Gasteiger partial charge in [0.2, 0.25) is 11.8 Å². The molecule has 27 heavy (non-hydrogen) atoms. The highest BCUT2D eigenvalue weighted by Crippen LogP contribution is 2.22. The van der Waals surface area contributed by atoms with E-state index in [4.69, 9.17) is 0 Å². The number of rotatable bonds is 6. The number of carbonyl (C=O) groups is 2. The molecule has 142 valence electrons. The summed E-state index contributed by atoms with van der Waals surface area (Å²) >= 11 is 0. The average Bonchev–Trinajstić information content (AvgIpc) is 2.69. The third-order valence-corrected chi connectivity index (χ3v) is 4.88. The number of hydrogen-bond donors (Lipinski definition) is 1. The van der Waals surface area contributed by atoms with Gasteiger partial charge >= 0.3 is 0 Å². The lowest BCUT2D eigenvalue weighted by atomic mass is 9.93. The van der Waals surface area contributed by atoms with Crippen molar-refractivity contribution in [1.29, 1.82) is 0 Å². The number of halogens is 1. The van der Waals surface area contributed by atoms with E-state index in [-0.39, 0.29) is 17.5 Å². The molecule has 0 saturated carbocycles. The van der Waals surface area contributed by atoms with Crippen LogP contribution >= 0.6 is 0 Å². The van der Waals surface area contributed by atoms with Crippen molar-refractivity contribution in [1.82, 2.24) is 9.88 Å². The van der Waals surface area contributed by atoms with E-state index in [1.165, 1.54) is 6.07 Å². The summed E-state index contributed by atoms with van der Waals surface area (Å²) in [6.07, 6.45) is 6.72. The fraction of sp³-hybridized carbons (Fsp3) is 0.381. The highest BCUT2D eigenvalue weighted by Gasteiger charge is 2.24. The Balaban J connectivity index is 1.46. The third-order valence-electron chi connectivity index (χ3n) is 4.88. The van der Waals surface area contributed by atoms with E-state index in [0.717, 1.165) is 24.9 Å². The summed E-state index contributed by atoms with van der Waals surface area (Å²) in [5, 5.41) is 2.62. The van der Waals surface area contributed by atoms with Gasteiger partial charge in [-0.25, -0.2) is 4.39 Å². The number of likely N-dealkylation sites (tertiary alicyclic amines) is 1. The lowest BCUT2D eigenvalue weighted by Gasteiger charge is -2.33. The Hall–Kier alpha value is -2.76. The van der Waals surface area contributed by atoms with E-state index in [1.807, 2.05) is 17.0 Å². The summed E-state index contributed by atoms with van der Waals surface area (Å²) in [5.41, 5.74) is 1.12.